The Morgan fingerprint density at radius 2 is 2.06 bits per heavy atom. The second-order valence-electron chi connectivity index (χ2n) is 3.42. The highest BCUT2D eigenvalue weighted by Crippen LogP contribution is 2.06. The van der Waals surface area contributed by atoms with E-state index in [1.54, 1.807) is 6.20 Å². The smallest absolute Gasteiger partial charge is 0.208 e. The molecule has 0 aliphatic rings. The number of alkyl halides is 1. The molecule has 0 saturated heterocycles. The molecule has 0 saturated carbocycles. The lowest BCUT2D eigenvalue weighted by Gasteiger charge is -2.05. The topological polar surface area (TPSA) is 34.9 Å². The van der Waals surface area contributed by atoms with E-state index in [4.69, 9.17) is 0 Å². The summed E-state index contributed by atoms with van der Waals surface area (Å²) in [7, 11) is 0. The van der Waals surface area contributed by atoms with Gasteiger partial charge in [-0.1, -0.05) is 46.3 Å². The molecule has 4 heteroatoms. The zero-order valence-electron chi connectivity index (χ0n) is 8.64. The lowest BCUT2D eigenvalue weighted by molar-refractivity contribution is 0.101. The van der Waals surface area contributed by atoms with Gasteiger partial charge in [0, 0.05) is 18.9 Å². The summed E-state index contributed by atoms with van der Waals surface area (Å²) in [6, 6.07) is 10.0. The van der Waals surface area contributed by atoms with E-state index < -0.39 is 0 Å². The third kappa shape index (κ3) is 2.39. The molecule has 0 aliphatic carbocycles. The highest BCUT2D eigenvalue weighted by molar-refractivity contribution is 9.09. The fourth-order valence-corrected chi connectivity index (χ4v) is 1.78. The van der Waals surface area contributed by atoms with Crippen molar-refractivity contribution in [2.24, 2.45) is 0 Å². The molecular weight excluding hydrogens is 268 g/mol. The molecule has 0 amide bonds. The average molecular weight is 279 g/mol. The van der Waals surface area contributed by atoms with Gasteiger partial charge in [0.1, 0.15) is 0 Å². The minimum atomic E-state index is 0.000862. The third-order valence-electron chi connectivity index (χ3n) is 2.28. The largest absolute Gasteiger partial charge is 0.324 e. The number of aromatic nitrogens is 2. The normalized spacial score (nSPS) is 10.3. The van der Waals surface area contributed by atoms with Crippen LogP contribution in [-0.4, -0.2) is 20.7 Å². The van der Waals surface area contributed by atoms with Gasteiger partial charge in [0.2, 0.25) is 5.78 Å². The maximum Gasteiger partial charge on any atom is 0.208 e. The van der Waals surface area contributed by atoms with Gasteiger partial charge in [-0.3, -0.25) is 4.79 Å². The number of carbonyl (C=O) groups excluding carboxylic acids is 1. The van der Waals surface area contributed by atoms with Crippen molar-refractivity contribution in [1.82, 2.24) is 9.55 Å². The molecule has 3 nitrogen and oxygen atoms in total. The fourth-order valence-electron chi connectivity index (χ4n) is 1.53. The summed E-state index contributed by atoms with van der Waals surface area (Å²) in [4.78, 5) is 15.6. The van der Waals surface area contributed by atoms with Gasteiger partial charge < -0.3 is 4.57 Å². The van der Waals surface area contributed by atoms with Crippen molar-refractivity contribution < 1.29 is 4.79 Å². The molecule has 0 N–H and O–H groups in total. The van der Waals surface area contributed by atoms with Crippen molar-refractivity contribution >= 4 is 21.7 Å². The van der Waals surface area contributed by atoms with E-state index in [2.05, 4.69) is 20.9 Å². The Balaban J connectivity index is 2.22. The average Bonchev–Trinajstić information content (AvgIpc) is 2.77. The zero-order valence-corrected chi connectivity index (χ0v) is 10.2. The summed E-state index contributed by atoms with van der Waals surface area (Å²) in [5.41, 5.74) is 1.16. The van der Waals surface area contributed by atoms with Crippen LogP contribution in [0.25, 0.3) is 0 Å². The molecule has 0 fully saturated rings. The summed E-state index contributed by atoms with van der Waals surface area (Å²) in [5.74, 6) is 0.502. The number of carbonyl (C=O) groups is 1. The first-order valence-electron chi connectivity index (χ1n) is 4.95. The van der Waals surface area contributed by atoms with Gasteiger partial charge in [-0.25, -0.2) is 4.98 Å². The van der Waals surface area contributed by atoms with Crippen LogP contribution in [0.3, 0.4) is 0 Å². The molecule has 82 valence electrons. The molecule has 1 aromatic carbocycles. The monoisotopic (exact) mass is 278 g/mol. The fraction of sp³-hybridized carbons (Fsp3) is 0.167. The lowest BCUT2D eigenvalue weighted by atomic mass is 10.2. The zero-order chi connectivity index (χ0) is 11.4. The predicted molar refractivity (Wildman–Crippen MR) is 65.9 cm³/mol. The minimum absolute atomic E-state index is 0.000862. The molecule has 0 bridgehead atoms. The molecule has 2 aromatic rings. The number of rotatable bonds is 4. The molecule has 0 spiro atoms. The lowest BCUT2D eigenvalue weighted by Crippen LogP contribution is -2.11. The van der Waals surface area contributed by atoms with Crippen molar-refractivity contribution in [3.63, 3.8) is 0 Å². The highest BCUT2D eigenvalue weighted by atomic mass is 79.9. The summed E-state index contributed by atoms with van der Waals surface area (Å²) in [6.45, 7) is 0.676. The van der Waals surface area contributed by atoms with Crippen LogP contribution in [0, 0.1) is 0 Å². The summed E-state index contributed by atoms with van der Waals surface area (Å²) in [5, 5.41) is 0.304. The van der Waals surface area contributed by atoms with Crippen LogP contribution in [0.5, 0.6) is 0 Å². The molecule has 1 aromatic heterocycles. The van der Waals surface area contributed by atoms with Crippen LogP contribution >= 0.6 is 15.9 Å². The Morgan fingerprint density at radius 3 is 2.75 bits per heavy atom. The van der Waals surface area contributed by atoms with Crippen LogP contribution < -0.4 is 0 Å². The van der Waals surface area contributed by atoms with Crippen molar-refractivity contribution in [3.8, 4) is 0 Å². The Bertz CT molecular complexity index is 479. The van der Waals surface area contributed by atoms with Gasteiger partial charge >= 0.3 is 0 Å². The van der Waals surface area contributed by atoms with E-state index in [1.807, 2.05) is 41.1 Å². The Hall–Kier alpha value is -1.42. The summed E-state index contributed by atoms with van der Waals surface area (Å²) >= 11 is 3.15. The van der Waals surface area contributed by atoms with Gasteiger partial charge in [0.15, 0.2) is 5.82 Å². The Kier molecular flexibility index (Phi) is 3.51. The van der Waals surface area contributed by atoms with Gasteiger partial charge in [-0.05, 0) is 5.56 Å². The van der Waals surface area contributed by atoms with E-state index in [0.29, 0.717) is 17.7 Å². The van der Waals surface area contributed by atoms with Crippen LogP contribution in [0.1, 0.15) is 16.2 Å². The molecule has 2 rings (SSSR count). The molecule has 1 heterocycles. The van der Waals surface area contributed by atoms with Crippen molar-refractivity contribution in [2.45, 2.75) is 6.54 Å². The van der Waals surface area contributed by atoms with Gasteiger partial charge in [0.25, 0.3) is 0 Å². The molecule has 0 radical (unpaired) electrons. The van der Waals surface area contributed by atoms with Crippen LogP contribution in [0.2, 0.25) is 0 Å². The predicted octanol–water partition coefficient (Wildman–Crippen LogP) is 2.51. The molecule has 0 aliphatic heterocycles. The molecule has 0 unspecified atom stereocenters. The van der Waals surface area contributed by atoms with E-state index in [0.717, 1.165) is 5.56 Å². The van der Waals surface area contributed by atoms with E-state index in [-0.39, 0.29) is 5.78 Å². The number of hydrogen-bond acceptors (Lipinski definition) is 2. The van der Waals surface area contributed by atoms with Crippen molar-refractivity contribution in [1.29, 1.82) is 0 Å². The number of benzene rings is 1. The molecule has 16 heavy (non-hydrogen) atoms. The van der Waals surface area contributed by atoms with Gasteiger partial charge in [-0.15, -0.1) is 0 Å². The highest BCUT2D eigenvalue weighted by Gasteiger charge is 2.10. The Morgan fingerprint density at radius 1 is 1.31 bits per heavy atom. The molecule has 0 atom stereocenters. The van der Waals surface area contributed by atoms with Crippen LogP contribution in [0.15, 0.2) is 42.7 Å². The van der Waals surface area contributed by atoms with E-state index in [1.165, 1.54) is 0 Å². The minimum Gasteiger partial charge on any atom is -0.324 e. The number of imidazole rings is 1. The van der Waals surface area contributed by atoms with E-state index >= 15 is 0 Å². The standard InChI is InChI=1S/C12H11BrN2O/c13-8-11(16)12-14-6-7-15(12)9-10-4-2-1-3-5-10/h1-7H,8-9H2. The number of ketones is 1. The Labute approximate surface area is 102 Å². The number of nitrogens with zero attached hydrogens (tertiary/aromatic N) is 2. The van der Waals surface area contributed by atoms with Gasteiger partial charge in [0.05, 0.1) is 5.33 Å². The second-order valence-corrected chi connectivity index (χ2v) is 3.98. The number of hydrogen-bond donors (Lipinski definition) is 0. The van der Waals surface area contributed by atoms with Crippen LogP contribution in [0.4, 0.5) is 0 Å². The van der Waals surface area contributed by atoms with Crippen molar-refractivity contribution in [3.05, 3.63) is 54.1 Å². The van der Waals surface area contributed by atoms with Crippen LogP contribution in [-0.2, 0) is 6.54 Å². The number of halogens is 1. The summed E-state index contributed by atoms with van der Waals surface area (Å²) < 4.78 is 1.86. The third-order valence-corrected chi connectivity index (χ3v) is 2.79. The first-order chi connectivity index (χ1) is 7.81. The quantitative estimate of drug-likeness (QED) is 0.636. The maximum absolute atomic E-state index is 11.6. The maximum atomic E-state index is 11.6. The number of Topliss-reactive ketones (excluding diaryl/α,β-unsaturated/α-hetero) is 1. The molecular formula is C12H11BrN2O. The second kappa shape index (κ2) is 5.07. The first-order valence-corrected chi connectivity index (χ1v) is 6.07. The SMILES string of the molecule is O=C(CBr)c1nccn1Cc1ccccc1. The first kappa shape index (κ1) is 11.1. The summed E-state index contributed by atoms with van der Waals surface area (Å²) in [6.07, 6.45) is 3.47. The van der Waals surface area contributed by atoms with Gasteiger partial charge in [-0.2, -0.15) is 0 Å². The van der Waals surface area contributed by atoms with E-state index in [9.17, 15) is 4.79 Å². The van der Waals surface area contributed by atoms with Crippen molar-refractivity contribution in [2.75, 3.05) is 5.33 Å².